The van der Waals surface area contributed by atoms with E-state index in [4.69, 9.17) is 16.3 Å². The summed E-state index contributed by atoms with van der Waals surface area (Å²) in [6.07, 6.45) is 1.31. The minimum Gasteiger partial charge on any atom is -0.457 e. The predicted octanol–water partition coefficient (Wildman–Crippen LogP) is 4.58. The highest BCUT2D eigenvalue weighted by molar-refractivity contribution is 6.30. The van der Waals surface area contributed by atoms with E-state index in [0.29, 0.717) is 29.6 Å². The molecule has 0 N–H and O–H groups in total. The van der Waals surface area contributed by atoms with E-state index in [1.54, 1.807) is 12.1 Å². The first kappa shape index (κ1) is 12.2. The Bertz CT molecular complexity index is 596. The van der Waals surface area contributed by atoms with E-state index in [-0.39, 0.29) is 0 Å². The van der Waals surface area contributed by atoms with Crippen LogP contribution in [-0.4, -0.2) is 5.78 Å². The number of ketones is 1. The van der Waals surface area contributed by atoms with E-state index in [2.05, 4.69) is 0 Å². The minimum absolute atomic E-state index is 0.342. The lowest BCUT2D eigenvalue weighted by molar-refractivity contribution is -0.124. The molecule has 3 rings (SSSR count). The first-order chi connectivity index (χ1) is 9.20. The predicted molar refractivity (Wildman–Crippen MR) is 75.0 cm³/mol. The Morgan fingerprint density at radius 3 is 2.42 bits per heavy atom. The first-order valence-electron chi connectivity index (χ1n) is 6.26. The van der Waals surface area contributed by atoms with Gasteiger partial charge >= 0.3 is 0 Å². The molecule has 0 aromatic heterocycles. The van der Waals surface area contributed by atoms with Crippen molar-refractivity contribution in [1.82, 2.24) is 0 Å². The number of rotatable bonds is 3. The van der Waals surface area contributed by atoms with Gasteiger partial charge in [0.25, 0.3) is 0 Å². The van der Waals surface area contributed by atoms with Crippen LogP contribution >= 0.6 is 11.6 Å². The molecule has 2 aromatic rings. The molecular weight excluding hydrogens is 260 g/mol. The molecule has 0 saturated heterocycles. The third kappa shape index (κ3) is 2.79. The van der Waals surface area contributed by atoms with Crippen molar-refractivity contribution in [3.05, 3.63) is 59.1 Å². The van der Waals surface area contributed by atoms with Gasteiger partial charge in [-0.25, -0.2) is 0 Å². The number of hydrogen-bond donors (Lipinski definition) is 0. The summed E-state index contributed by atoms with van der Waals surface area (Å²) in [6.45, 7) is 0. The second-order valence-corrected chi connectivity index (χ2v) is 5.21. The fraction of sp³-hybridized carbons (Fsp3) is 0.188. The Balaban J connectivity index is 1.76. The van der Waals surface area contributed by atoms with E-state index in [1.807, 2.05) is 36.4 Å². The second kappa shape index (κ2) is 5.06. The third-order valence-electron chi connectivity index (χ3n) is 3.33. The van der Waals surface area contributed by atoms with Gasteiger partial charge in [0, 0.05) is 17.9 Å². The zero-order chi connectivity index (χ0) is 13.2. The molecule has 0 aliphatic heterocycles. The van der Waals surface area contributed by atoms with E-state index in [1.165, 1.54) is 5.56 Å². The van der Waals surface area contributed by atoms with Gasteiger partial charge in [0.2, 0.25) is 0 Å². The molecule has 19 heavy (non-hydrogen) atoms. The monoisotopic (exact) mass is 272 g/mol. The summed E-state index contributed by atoms with van der Waals surface area (Å²) in [5.41, 5.74) is 1.17. The molecule has 0 bridgehead atoms. The van der Waals surface area contributed by atoms with Crippen LogP contribution in [0.5, 0.6) is 11.5 Å². The lowest BCUT2D eigenvalue weighted by Crippen LogP contribution is -2.20. The van der Waals surface area contributed by atoms with Crippen molar-refractivity contribution in [2.75, 3.05) is 0 Å². The Morgan fingerprint density at radius 2 is 1.74 bits per heavy atom. The zero-order valence-electron chi connectivity index (χ0n) is 10.3. The van der Waals surface area contributed by atoms with Gasteiger partial charge in [0.1, 0.15) is 17.3 Å². The number of ether oxygens (including phenoxy) is 1. The number of halogens is 1. The van der Waals surface area contributed by atoms with Crippen LogP contribution in [0.4, 0.5) is 0 Å². The van der Waals surface area contributed by atoms with Crippen LogP contribution in [0.2, 0.25) is 5.02 Å². The molecule has 0 spiro atoms. The second-order valence-electron chi connectivity index (χ2n) is 4.77. The molecule has 3 heteroatoms. The highest BCUT2D eigenvalue weighted by atomic mass is 35.5. The standard InChI is InChI=1S/C16H13ClO2/c17-13-4-6-15(7-5-13)19-16-3-1-2-11(10-16)12-8-14(18)9-12/h1-7,10,12H,8-9H2. The fourth-order valence-corrected chi connectivity index (χ4v) is 2.32. The molecule has 0 amide bonds. The highest BCUT2D eigenvalue weighted by Gasteiger charge is 2.27. The summed E-state index contributed by atoms with van der Waals surface area (Å²) in [4.78, 5) is 11.0. The Kier molecular flexibility index (Phi) is 3.26. The van der Waals surface area contributed by atoms with Crippen molar-refractivity contribution in [3.8, 4) is 11.5 Å². The molecule has 1 aliphatic carbocycles. The average Bonchev–Trinajstić information content (AvgIpc) is 2.38. The quantitative estimate of drug-likeness (QED) is 0.817. The molecule has 1 aliphatic rings. The summed E-state index contributed by atoms with van der Waals surface area (Å²) >= 11 is 5.83. The summed E-state index contributed by atoms with van der Waals surface area (Å²) in [5.74, 6) is 2.25. The summed E-state index contributed by atoms with van der Waals surface area (Å²) in [6, 6.07) is 15.2. The largest absolute Gasteiger partial charge is 0.457 e. The van der Waals surface area contributed by atoms with Gasteiger partial charge in [0.15, 0.2) is 0 Å². The molecule has 0 atom stereocenters. The van der Waals surface area contributed by atoms with Crippen LogP contribution in [0.3, 0.4) is 0 Å². The van der Waals surface area contributed by atoms with E-state index in [0.717, 1.165) is 11.5 Å². The van der Waals surface area contributed by atoms with E-state index >= 15 is 0 Å². The van der Waals surface area contributed by atoms with Crippen LogP contribution in [0.15, 0.2) is 48.5 Å². The molecule has 0 heterocycles. The topological polar surface area (TPSA) is 26.3 Å². The maximum Gasteiger partial charge on any atom is 0.134 e. The van der Waals surface area contributed by atoms with E-state index in [9.17, 15) is 4.79 Å². The van der Waals surface area contributed by atoms with Crippen molar-refractivity contribution in [1.29, 1.82) is 0 Å². The molecular formula is C16H13ClO2. The molecule has 0 unspecified atom stereocenters. The van der Waals surface area contributed by atoms with Crippen LogP contribution in [0.25, 0.3) is 0 Å². The molecule has 1 fully saturated rings. The fourth-order valence-electron chi connectivity index (χ4n) is 2.20. The van der Waals surface area contributed by atoms with Crippen LogP contribution < -0.4 is 4.74 Å². The van der Waals surface area contributed by atoms with Gasteiger partial charge in [-0.05, 0) is 47.9 Å². The van der Waals surface area contributed by atoms with Crippen LogP contribution in [-0.2, 0) is 4.79 Å². The van der Waals surface area contributed by atoms with Crippen molar-refractivity contribution in [3.63, 3.8) is 0 Å². The average molecular weight is 273 g/mol. The van der Waals surface area contributed by atoms with Crippen molar-refractivity contribution in [2.24, 2.45) is 0 Å². The molecule has 2 nitrogen and oxygen atoms in total. The number of carbonyl (C=O) groups excluding carboxylic acids is 1. The number of benzene rings is 2. The SMILES string of the molecule is O=C1CC(c2cccc(Oc3ccc(Cl)cc3)c2)C1. The van der Waals surface area contributed by atoms with Gasteiger partial charge in [-0.3, -0.25) is 4.79 Å². The van der Waals surface area contributed by atoms with Gasteiger partial charge in [0.05, 0.1) is 0 Å². The van der Waals surface area contributed by atoms with Crippen molar-refractivity contribution < 1.29 is 9.53 Å². The smallest absolute Gasteiger partial charge is 0.134 e. The molecule has 96 valence electrons. The first-order valence-corrected chi connectivity index (χ1v) is 6.63. The summed E-state index contributed by atoms with van der Waals surface area (Å²) < 4.78 is 5.78. The Hall–Kier alpha value is -1.80. The third-order valence-corrected chi connectivity index (χ3v) is 3.58. The van der Waals surface area contributed by atoms with Crippen LogP contribution in [0, 0.1) is 0 Å². The zero-order valence-corrected chi connectivity index (χ0v) is 11.1. The van der Waals surface area contributed by atoms with Crippen molar-refractivity contribution in [2.45, 2.75) is 18.8 Å². The summed E-state index contributed by atoms with van der Waals surface area (Å²) in [7, 11) is 0. The van der Waals surface area contributed by atoms with Crippen molar-refractivity contribution >= 4 is 17.4 Å². The van der Waals surface area contributed by atoms with Gasteiger partial charge in [-0.1, -0.05) is 23.7 Å². The lowest BCUT2D eigenvalue weighted by atomic mass is 9.79. The number of hydrogen-bond acceptors (Lipinski definition) is 2. The van der Waals surface area contributed by atoms with Crippen LogP contribution in [0.1, 0.15) is 24.3 Å². The minimum atomic E-state index is 0.342. The van der Waals surface area contributed by atoms with E-state index < -0.39 is 0 Å². The van der Waals surface area contributed by atoms with Gasteiger partial charge in [-0.2, -0.15) is 0 Å². The lowest BCUT2D eigenvalue weighted by Gasteiger charge is -2.24. The van der Waals surface area contributed by atoms with Gasteiger partial charge in [-0.15, -0.1) is 0 Å². The molecule has 2 aromatic carbocycles. The number of carbonyl (C=O) groups is 1. The molecule has 1 saturated carbocycles. The number of Topliss-reactive ketones (excluding diaryl/α,β-unsaturated/α-hetero) is 1. The summed E-state index contributed by atoms with van der Waals surface area (Å²) in [5, 5.41) is 0.689. The molecule has 0 radical (unpaired) electrons. The maximum atomic E-state index is 11.0. The highest BCUT2D eigenvalue weighted by Crippen LogP contribution is 2.35. The Labute approximate surface area is 117 Å². The maximum absolute atomic E-state index is 11.0. The Morgan fingerprint density at radius 1 is 1.00 bits per heavy atom. The van der Waals surface area contributed by atoms with Gasteiger partial charge < -0.3 is 4.74 Å². The normalized spacial score (nSPS) is 15.1.